The molecule has 0 aliphatic rings. The molecule has 74 valence electrons. The summed E-state index contributed by atoms with van der Waals surface area (Å²) in [6, 6.07) is 2.64. The van der Waals surface area contributed by atoms with Gasteiger partial charge in [-0.2, -0.15) is 5.26 Å². The normalized spacial score (nSPS) is 10.2. The van der Waals surface area contributed by atoms with Gasteiger partial charge in [0.05, 0.1) is 18.1 Å². The highest BCUT2D eigenvalue weighted by Crippen LogP contribution is 2.27. The first-order valence-electron chi connectivity index (χ1n) is 3.63. The standard InChI is InChI=1S/C8H5ClF2N2O/c9-7-6(8(10)11)4(1-2-12)3-5(14)13-7/h3,8H,1H2,(H,13,14). The van der Waals surface area contributed by atoms with Crippen molar-refractivity contribution in [1.29, 1.82) is 5.26 Å². The molecule has 1 rings (SSSR count). The van der Waals surface area contributed by atoms with Crippen LogP contribution in [0.1, 0.15) is 17.6 Å². The third-order valence-corrected chi connectivity index (χ3v) is 1.91. The van der Waals surface area contributed by atoms with Crippen LogP contribution in [-0.2, 0) is 6.42 Å². The largest absolute Gasteiger partial charge is 0.313 e. The van der Waals surface area contributed by atoms with Gasteiger partial charge in [-0.25, -0.2) is 8.78 Å². The quantitative estimate of drug-likeness (QED) is 0.773. The fourth-order valence-corrected chi connectivity index (χ4v) is 1.35. The number of aromatic nitrogens is 1. The van der Waals surface area contributed by atoms with Gasteiger partial charge >= 0.3 is 0 Å². The van der Waals surface area contributed by atoms with Crippen LogP contribution in [0.2, 0.25) is 5.15 Å². The van der Waals surface area contributed by atoms with Crippen molar-refractivity contribution in [3.63, 3.8) is 0 Å². The van der Waals surface area contributed by atoms with Gasteiger partial charge in [0.1, 0.15) is 5.15 Å². The summed E-state index contributed by atoms with van der Waals surface area (Å²) in [5.74, 6) is 0. The van der Waals surface area contributed by atoms with E-state index in [1.54, 1.807) is 6.07 Å². The predicted molar refractivity (Wildman–Crippen MR) is 46.3 cm³/mol. The molecular formula is C8H5ClF2N2O. The molecule has 0 fully saturated rings. The molecule has 1 aromatic heterocycles. The molecule has 0 aliphatic carbocycles. The molecule has 14 heavy (non-hydrogen) atoms. The Labute approximate surface area is 82.9 Å². The first kappa shape index (κ1) is 10.7. The van der Waals surface area contributed by atoms with E-state index in [1.807, 2.05) is 4.98 Å². The monoisotopic (exact) mass is 218 g/mol. The van der Waals surface area contributed by atoms with E-state index in [0.29, 0.717) is 0 Å². The third kappa shape index (κ3) is 2.09. The second-order valence-corrected chi connectivity index (χ2v) is 2.90. The summed E-state index contributed by atoms with van der Waals surface area (Å²) < 4.78 is 24.9. The van der Waals surface area contributed by atoms with Crippen LogP contribution >= 0.6 is 11.6 Å². The first-order chi connectivity index (χ1) is 6.56. The molecule has 0 bridgehead atoms. The fraction of sp³-hybridized carbons (Fsp3) is 0.250. The summed E-state index contributed by atoms with van der Waals surface area (Å²) in [7, 11) is 0. The molecule has 3 nitrogen and oxygen atoms in total. The number of halogens is 3. The Balaban J connectivity index is 3.38. The smallest absolute Gasteiger partial charge is 0.267 e. The minimum absolute atomic E-state index is 0.0312. The molecule has 0 aliphatic heterocycles. The van der Waals surface area contributed by atoms with Crippen molar-refractivity contribution in [3.05, 3.63) is 32.7 Å². The zero-order valence-electron chi connectivity index (χ0n) is 6.85. The van der Waals surface area contributed by atoms with Crippen LogP contribution in [0, 0.1) is 11.3 Å². The Morgan fingerprint density at radius 3 is 2.79 bits per heavy atom. The molecule has 0 saturated heterocycles. The third-order valence-electron chi connectivity index (χ3n) is 1.61. The van der Waals surface area contributed by atoms with Crippen molar-refractivity contribution in [2.45, 2.75) is 12.8 Å². The Bertz CT molecular complexity index is 436. The van der Waals surface area contributed by atoms with Crippen LogP contribution in [-0.4, -0.2) is 4.98 Å². The summed E-state index contributed by atoms with van der Waals surface area (Å²) in [6.45, 7) is 0. The number of hydrogen-bond donors (Lipinski definition) is 1. The molecule has 0 aromatic carbocycles. The van der Waals surface area contributed by atoms with Gasteiger partial charge in [0, 0.05) is 6.07 Å². The highest BCUT2D eigenvalue weighted by atomic mass is 35.5. The maximum Gasteiger partial charge on any atom is 0.267 e. The van der Waals surface area contributed by atoms with Crippen LogP contribution in [0.5, 0.6) is 0 Å². The Morgan fingerprint density at radius 1 is 1.64 bits per heavy atom. The Morgan fingerprint density at radius 2 is 2.29 bits per heavy atom. The second kappa shape index (κ2) is 4.20. The van der Waals surface area contributed by atoms with E-state index in [1.165, 1.54) is 0 Å². The van der Waals surface area contributed by atoms with Gasteiger partial charge in [-0.15, -0.1) is 0 Å². The number of rotatable bonds is 2. The summed E-state index contributed by atoms with van der Waals surface area (Å²) in [4.78, 5) is 12.9. The van der Waals surface area contributed by atoms with Gasteiger partial charge in [-0.3, -0.25) is 4.79 Å². The van der Waals surface area contributed by atoms with Crippen LogP contribution in [0.25, 0.3) is 0 Å². The predicted octanol–water partition coefficient (Wildman–Crippen LogP) is 2.03. The molecule has 1 N–H and O–H groups in total. The van der Waals surface area contributed by atoms with Gasteiger partial charge in [0.2, 0.25) is 5.56 Å². The lowest BCUT2D eigenvalue weighted by atomic mass is 10.1. The van der Waals surface area contributed by atoms with E-state index in [9.17, 15) is 13.6 Å². The lowest BCUT2D eigenvalue weighted by molar-refractivity contribution is 0.150. The molecule has 0 atom stereocenters. The minimum atomic E-state index is -2.80. The van der Waals surface area contributed by atoms with Crippen molar-refractivity contribution in [2.24, 2.45) is 0 Å². The van der Waals surface area contributed by atoms with E-state index in [2.05, 4.69) is 0 Å². The van der Waals surface area contributed by atoms with E-state index in [0.717, 1.165) is 6.07 Å². The van der Waals surface area contributed by atoms with E-state index in [4.69, 9.17) is 16.9 Å². The van der Waals surface area contributed by atoms with Crippen molar-refractivity contribution in [2.75, 3.05) is 0 Å². The SMILES string of the molecule is N#CCc1cc(=O)[nH]c(Cl)c1C(F)F. The average Bonchev–Trinajstić information content (AvgIpc) is 2.01. The number of nitrogens with one attached hydrogen (secondary N) is 1. The second-order valence-electron chi connectivity index (χ2n) is 2.52. The van der Waals surface area contributed by atoms with Gasteiger partial charge < -0.3 is 4.98 Å². The van der Waals surface area contributed by atoms with E-state index >= 15 is 0 Å². The summed E-state index contributed by atoms with van der Waals surface area (Å²) in [5, 5.41) is 7.95. The highest BCUT2D eigenvalue weighted by Gasteiger charge is 2.18. The topological polar surface area (TPSA) is 56.6 Å². The summed E-state index contributed by atoms with van der Waals surface area (Å²) in [5.41, 5.74) is -1.10. The molecule has 0 unspecified atom stereocenters. The number of alkyl halides is 2. The zero-order chi connectivity index (χ0) is 10.7. The number of hydrogen-bond acceptors (Lipinski definition) is 2. The summed E-state index contributed by atoms with van der Waals surface area (Å²) in [6.07, 6.45) is -3.06. The molecule has 1 aromatic rings. The maximum atomic E-state index is 12.4. The molecule has 0 amide bonds. The van der Waals surface area contributed by atoms with E-state index < -0.39 is 22.7 Å². The van der Waals surface area contributed by atoms with Crippen molar-refractivity contribution >= 4 is 11.6 Å². The molecule has 0 saturated carbocycles. The van der Waals surface area contributed by atoms with Crippen LogP contribution in [0.4, 0.5) is 8.78 Å². The number of nitrogens with zero attached hydrogens (tertiary/aromatic N) is 1. The highest BCUT2D eigenvalue weighted by molar-refractivity contribution is 6.30. The average molecular weight is 219 g/mol. The molecule has 1 heterocycles. The first-order valence-corrected chi connectivity index (χ1v) is 4.00. The van der Waals surface area contributed by atoms with Gasteiger partial charge in [-0.1, -0.05) is 11.6 Å². The minimum Gasteiger partial charge on any atom is -0.313 e. The number of H-pyrrole nitrogens is 1. The van der Waals surface area contributed by atoms with Crippen molar-refractivity contribution in [1.82, 2.24) is 4.98 Å². The zero-order valence-corrected chi connectivity index (χ0v) is 7.61. The molecule has 6 heteroatoms. The van der Waals surface area contributed by atoms with Crippen molar-refractivity contribution in [3.8, 4) is 6.07 Å². The maximum absolute atomic E-state index is 12.4. The van der Waals surface area contributed by atoms with Gasteiger partial charge in [0.25, 0.3) is 6.43 Å². The van der Waals surface area contributed by atoms with Crippen LogP contribution in [0.15, 0.2) is 10.9 Å². The van der Waals surface area contributed by atoms with Gasteiger partial charge in [-0.05, 0) is 5.56 Å². The number of pyridine rings is 1. The van der Waals surface area contributed by atoms with Crippen LogP contribution < -0.4 is 5.56 Å². The molecular weight excluding hydrogens is 214 g/mol. The molecule has 0 spiro atoms. The van der Waals surface area contributed by atoms with Crippen LogP contribution in [0.3, 0.4) is 0 Å². The van der Waals surface area contributed by atoms with Gasteiger partial charge in [0.15, 0.2) is 0 Å². The fourth-order valence-electron chi connectivity index (χ4n) is 1.06. The number of nitriles is 1. The Hall–Kier alpha value is -1.41. The van der Waals surface area contributed by atoms with Crippen molar-refractivity contribution < 1.29 is 8.78 Å². The summed E-state index contributed by atoms with van der Waals surface area (Å²) >= 11 is 5.42. The molecule has 0 radical (unpaired) electrons. The Kier molecular flexibility index (Phi) is 3.20. The lowest BCUT2D eigenvalue weighted by Crippen LogP contribution is -2.10. The number of aromatic amines is 1. The van der Waals surface area contributed by atoms with E-state index in [-0.39, 0.29) is 12.0 Å². The lowest BCUT2D eigenvalue weighted by Gasteiger charge is -2.06.